The van der Waals surface area contributed by atoms with Crippen LogP contribution in [0.2, 0.25) is 0 Å². The Kier molecular flexibility index (Phi) is 7.26. The molecule has 0 atom stereocenters. The number of halogens is 3. The molecule has 1 N–H and O–H groups in total. The minimum Gasteiger partial charge on any atom is -0.493 e. The van der Waals surface area contributed by atoms with Crippen LogP contribution < -0.4 is 14.8 Å². The number of carbonyl (C=O) groups is 1. The van der Waals surface area contributed by atoms with Crippen molar-refractivity contribution < 1.29 is 27.4 Å². The summed E-state index contributed by atoms with van der Waals surface area (Å²) < 4.78 is 51.3. The number of rotatable bonds is 6. The molecule has 0 bridgehead atoms. The first kappa shape index (κ1) is 24.8. The van der Waals surface area contributed by atoms with Gasteiger partial charge in [-0.3, -0.25) is 9.78 Å². The number of hydrogen-bond donors (Lipinski definition) is 1. The molecule has 1 aliphatic rings. The molecule has 1 aliphatic heterocycles. The Morgan fingerprint density at radius 2 is 1.83 bits per heavy atom. The van der Waals surface area contributed by atoms with Crippen molar-refractivity contribution in [3.05, 3.63) is 88.1 Å². The summed E-state index contributed by atoms with van der Waals surface area (Å²) in [5, 5.41) is 12.5. The zero-order valence-corrected chi connectivity index (χ0v) is 19.5. The van der Waals surface area contributed by atoms with E-state index in [1.165, 1.54) is 37.1 Å². The van der Waals surface area contributed by atoms with E-state index in [4.69, 9.17) is 14.7 Å². The summed E-state index contributed by atoms with van der Waals surface area (Å²) in [6.07, 6.45) is 0.224. The molecular formula is C25H17F3N4O3S. The van der Waals surface area contributed by atoms with E-state index in [1.54, 1.807) is 30.6 Å². The molecule has 7 nitrogen and oxygen atoms in total. The topological polar surface area (TPSA) is 96.6 Å². The number of amides is 1. The first-order valence-corrected chi connectivity index (χ1v) is 11.2. The van der Waals surface area contributed by atoms with Crippen molar-refractivity contribution in [3.8, 4) is 23.3 Å². The lowest BCUT2D eigenvalue weighted by atomic mass is 10.1. The van der Waals surface area contributed by atoms with Crippen LogP contribution in [0.3, 0.4) is 0 Å². The Labute approximate surface area is 208 Å². The fourth-order valence-electron chi connectivity index (χ4n) is 3.20. The number of thioether (sulfide) groups is 1. The van der Waals surface area contributed by atoms with Gasteiger partial charge in [-0.05, 0) is 71.4 Å². The van der Waals surface area contributed by atoms with Crippen LogP contribution in [0, 0.1) is 11.3 Å². The number of pyridine rings is 1. The summed E-state index contributed by atoms with van der Waals surface area (Å²) in [6, 6.07) is 13.0. The van der Waals surface area contributed by atoms with E-state index >= 15 is 0 Å². The van der Waals surface area contributed by atoms with Crippen molar-refractivity contribution in [3.63, 3.8) is 0 Å². The van der Waals surface area contributed by atoms with E-state index in [0.717, 1.165) is 17.7 Å². The highest BCUT2D eigenvalue weighted by atomic mass is 32.2. The van der Waals surface area contributed by atoms with Crippen molar-refractivity contribution in [1.29, 1.82) is 5.26 Å². The van der Waals surface area contributed by atoms with Crippen LogP contribution in [-0.4, -0.2) is 23.2 Å². The minimum atomic E-state index is -4.72. The van der Waals surface area contributed by atoms with Gasteiger partial charge in [0.05, 0.1) is 29.2 Å². The first-order valence-electron chi connectivity index (χ1n) is 10.4. The molecule has 2 aromatic carbocycles. The molecule has 11 heteroatoms. The number of nitrogens with zero attached hydrogens (tertiary/aromatic N) is 3. The van der Waals surface area contributed by atoms with Crippen LogP contribution in [0.25, 0.3) is 6.08 Å². The molecule has 0 fully saturated rings. The van der Waals surface area contributed by atoms with Crippen LogP contribution in [0.15, 0.2) is 70.8 Å². The lowest BCUT2D eigenvalue weighted by Crippen LogP contribution is -2.18. The quantitative estimate of drug-likeness (QED) is 0.436. The molecule has 0 saturated carbocycles. The Morgan fingerprint density at radius 3 is 2.53 bits per heavy atom. The molecular weight excluding hydrogens is 493 g/mol. The van der Waals surface area contributed by atoms with Gasteiger partial charge in [0.2, 0.25) is 0 Å². The van der Waals surface area contributed by atoms with Crippen LogP contribution >= 0.6 is 11.8 Å². The molecule has 0 saturated heterocycles. The number of nitrogens with one attached hydrogen (secondary N) is 1. The van der Waals surface area contributed by atoms with Gasteiger partial charge in [-0.1, -0.05) is 6.07 Å². The molecule has 182 valence electrons. The van der Waals surface area contributed by atoms with Gasteiger partial charge < -0.3 is 14.8 Å². The second kappa shape index (κ2) is 10.5. The maximum atomic E-state index is 13.5. The number of benzene rings is 2. The number of methoxy groups -OCH3 is 1. The number of aliphatic imine (C=N–C) groups is 1. The van der Waals surface area contributed by atoms with Crippen LogP contribution in [-0.2, 0) is 17.5 Å². The summed E-state index contributed by atoms with van der Waals surface area (Å²) in [5.74, 6) is -0.680. The summed E-state index contributed by atoms with van der Waals surface area (Å²) in [7, 11) is 1.35. The monoisotopic (exact) mass is 510 g/mol. The smallest absolute Gasteiger partial charge is 0.420 e. The molecule has 0 spiro atoms. The lowest BCUT2D eigenvalue weighted by molar-refractivity contribution is -0.138. The van der Waals surface area contributed by atoms with E-state index in [-0.39, 0.29) is 17.1 Å². The van der Waals surface area contributed by atoms with E-state index in [2.05, 4.69) is 15.3 Å². The summed E-state index contributed by atoms with van der Waals surface area (Å²) in [5.41, 5.74) is 0.330. The summed E-state index contributed by atoms with van der Waals surface area (Å²) in [6.45, 7) is 0.476. The van der Waals surface area contributed by atoms with E-state index in [9.17, 15) is 18.0 Å². The predicted octanol–water partition coefficient (Wildman–Crippen LogP) is 5.53. The van der Waals surface area contributed by atoms with Crippen LogP contribution in [0.4, 0.5) is 13.2 Å². The summed E-state index contributed by atoms with van der Waals surface area (Å²) >= 11 is 1.17. The third kappa shape index (κ3) is 5.84. The van der Waals surface area contributed by atoms with E-state index in [0.29, 0.717) is 22.2 Å². The van der Waals surface area contributed by atoms with Gasteiger partial charge in [0.1, 0.15) is 5.75 Å². The standard InChI is InChI=1S/C25H17F3N4O3S/c1-34-21-11-16(12-22-23(33)32-24(36-22)31-14-15-6-8-30-9-7-15)2-5-20(21)35-19-4-3-17(13-29)10-18(19)25(26,27)28/h2-12H,14H2,1H3,(H,31,32,33). The molecule has 0 aliphatic carbocycles. The Hall–Kier alpha value is -4.30. The zero-order valence-electron chi connectivity index (χ0n) is 18.7. The predicted molar refractivity (Wildman–Crippen MR) is 128 cm³/mol. The number of nitriles is 1. The highest BCUT2D eigenvalue weighted by molar-refractivity contribution is 8.18. The van der Waals surface area contributed by atoms with E-state index < -0.39 is 23.4 Å². The molecule has 0 radical (unpaired) electrons. The SMILES string of the molecule is COc1cc(C=C2SC(NCc3ccncc3)=NC2=O)ccc1Oc1ccc(C#N)cc1C(F)(F)F. The van der Waals surface area contributed by atoms with Crippen molar-refractivity contribution >= 4 is 28.9 Å². The Morgan fingerprint density at radius 1 is 1.08 bits per heavy atom. The van der Waals surface area contributed by atoms with Gasteiger partial charge in [-0.15, -0.1) is 0 Å². The highest BCUT2D eigenvalue weighted by Crippen LogP contribution is 2.41. The Bertz CT molecular complexity index is 1400. The van der Waals surface area contributed by atoms with Gasteiger partial charge >= 0.3 is 6.18 Å². The average molecular weight is 510 g/mol. The second-order valence-electron chi connectivity index (χ2n) is 7.37. The molecule has 1 aromatic heterocycles. The third-order valence-corrected chi connectivity index (χ3v) is 5.87. The second-order valence-corrected chi connectivity index (χ2v) is 8.41. The number of alkyl halides is 3. The van der Waals surface area contributed by atoms with Crippen LogP contribution in [0.1, 0.15) is 22.3 Å². The maximum absolute atomic E-state index is 13.5. The number of hydrogen-bond acceptors (Lipinski definition) is 7. The average Bonchev–Trinajstić information content (AvgIpc) is 3.22. The van der Waals surface area contributed by atoms with Gasteiger partial charge in [0, 0.05) is 18.9 Å². The summed E-state index contributed by atoms with van der Waals surface area (Å²) in [4.78, 5) is 20.7. The molecule has 4 rings (SSSR count). The number of amidine groups is 1. The molecule has 0 unspecified atom stereocenters. The minimum absolute atomic E-state index is 0.0382. The van der Waals surface area contributed by atoms with Gasteiger partial charge in [0.25, 0.3) is 5.91 Å². The highest BCUT2D eigenvalue weighted by Gasteiger charge is 2.35. The molecule has 2 heterocycles. The number of carbonyl (C=O) groups excluding carboxylic acids is 1. The lowest BCUT2D eigenvalue weighted by Gasteiger charge is -2.16. The molecule has 1 amide bonds. The maximum Gasteiger partial charge on any atom is 0.420 e. The third-order valence-electron chi connectivity index (χ3n) is 4.93. The van der Waals surface area contributed by atoms with Crippen molar-refractivity contribution in [2.75, 3.05) is 7.11 Å². The van der Waals surface area contributed by atoms with Gasteiger partial charge in [0.15, 0.2) is 16.7 Å². The largest absolute Gasteiger partial charge is 0.493 e. The van der Waals surface area contributed by atoms with Crippen molar-refractivity contribution in [2.45, 2.75) is 12.7 Å². The van der Waals surface area contributed by atoms with Crippen LogP contribution in [0.5, 0.6) is 17.2 Å². The molecule has 36 heavy (non-hydrogen) atoms. The fourth-order valence-corrected chi connectivity index (χ4v) is 4.01. The fraction of sp³-hybridized carbons (Fsp3) is 0.120. The van der Waals surface area contributed by atoms with Crippen molar-refractivity contribution in [2.24, 2.45) is 4.99 Å². The zero-order chi connectivity index (χ0) is 25.7. The van der Waals surface area contributed by atoms with Crippen molar-refractivity contribution in [1.82, 2.24) is 10.3 Å². The number of ether oxygens (including phenoxy) is 2. The normalized spacial score (nSPS) is 14.4. The van der Waals surface area contributed by atoms with E-state index in [1.807, 2.05) is 12.1 Å². The number of aromatic nitrogens is 1. The first-order chi connectivity index (χ1) is 17.3. The Balaban J connectivity index is 1.51. The van der Waals surface area contributed by atoms with Gasteiger partial charge in [-0.2, -0.15) is 23.4 Å². The molecule has 3 aromatic rings. The van der Waals surface area contributed by atoms with Gasteiger partial charge in [-0.25, -0.2) is 0 Å².